The third-order valence-electron chi connectivity index (χ3n) is 1.80. The first kappa shape index (κ1) is 12.9. The smallest absolute Gasteiger partial charge is 0.411 e. The second kappa shape index (κ2) is 8.54. The van der Waals surface area contributed by atoms with Crippen molar-refractivity contribution in [2.75, 3.05) is 19.8 Å². The molecule has 1 heterocycles. The summed E-state index contributed by atoms with van der Waals surface area (Å²) in [4.78, 5) is 0. The molecule has 0 aromatic carbocycles. The fourth-order valence-electron chi connectivity index (χ4n) is 1.08. The largest absolute Gasteiger partial charge is 0.457 e. The molecule has 0 amide bonds. The predicted molar refractivity (Wildman–Crippen MR) is 54.7 cm³/mol. The Balaban J connectivity index is 0.000000671. The first-order chi connectivity index (χ1) is 6.33. The SMILES string of the molecule is CC.C[C@H](CO)CB1OCCCO1. The van der Waals surface area contributed by atoms with Crippen LogP contribution in [0.5, 0.6) is 0 Å². The summed E-state index contributed by atoms with van der Waals surface area (Å²) in [5.41, 5.74) is 0. The first-order valence-electron chi connectivity index (χ1n) is 5.17. The van der Waals surface area contributed by atoms with E-state index in [9.17, 15) is 0 Å². The second-order valence-corrected chi connectivity index (χ2v) is 3.05. The van der Waals surface area contributed by atoms with Crippen molar-refractivity contribution in [3.8, 4) is 0 Å². The van der Waals surface area contributed by atoms with Gasteiger partial charge in [0.25, 0.3) is 0 Å². The van der Waals surface area contributed by atoms with Gasteiger partial charge in [0.1, 0.15) is 0 Å². The van der Waals surface area contributed by atoms with Gasteiger partial charge in [0.15, 0.2) is 0 Å². The lowest BCUT2D eigenvalue weighted by Gasteiger charge is -2.21. The number of aliphatic hydroxyl groups is 1. The van der Waals surface area contributed by atoms with E-state index in [1.807, 2.05) is 20.8 Å². The molecule has 13 heavy (non-hydrogen) atoms. The summed E-state index contributed by atoms with van der Waals surface area (Å²) in [6.07, 6.45) is 1.79. The molecule has 1 aliphatic heterocycles. The molecule has 0 aliphatic carbocycles. The van der Waals surface area contributed by atoms with Crippen molar-refractivity contribution in [1.82, 2.24) is 0 Å². The Hall–Kier alpha value is -0.0551. The van der Waals surface area contributed by atoms with E-state index < -0.39 is 0 Å². The summed E-state index contributed by atoms with van der Waals surface area (Å²) >= 11 is 0. The van der Waals surface area contributed by atoms with Crippen LogP contribution < -0.4 is 0 Å². The van der Waals surface area contributed by atoms with E-state index in [4.69, 9.17) is 14.4 Å². The zero-order chi connectivity index (χ0) is 10.1. The molecule has 4 heteroatoms. The molecule has 0 spiro atoms. The molecule has 0 aromatic heterocycles. The average Bonchev–Trinajstić information content (AvgIpc) is 2.22. The highest BCUT2D eigenvalue weighted by molar-refractivity contribution is 6.44. The van der Waals surface area contributed by atoms with Gasteiger partial charge < -0.3 is 14.4 Å². The standard InChI is InChI=1S/C7H15BO3.C2H6/c1-7(6-9)5-8-10-3-2-4-11-8;1-2/h7,9H,2-6H2,1H3;1-2H3/t7-;/m0./s1. The topological polar surface area (TPSA) is 38.7 Å². The van der Waals surface area contributed by atoms with E-state index in [1.54, 1.807) is 0 Å². The van der Waals surface area contributed by atoms with E-state index in [-0.39, 0.29) is 19.6 Å². The van der Waals surface area contributed by atoms with E-state index in [0.29, 0.717) is 0 Å². The minimum Gasteiger partial charge on any atom is -0.411 e. The molecule has 1 aliphatic rings. The van der Waals surface area contributed by atoms with Gasteiger partial charge in [-0.2, -0.15) is 0 Å². The van der Waals surface area contributed by atoms with Crippen LogP contribution in [-0.2, 0) is 9.31 Å². The maximum absolute atomic E-state index is 8.75. The van der Waals surface area contributed by atoms with E-state index in [2.05, 4.69) is 0 Å². The highest BCUT2D eigenvalue weighted by Crippen LogP contribution is 2.11. The van der Waals surface area contributed by atoms with Crippen LogP contribution in [0, 0.1) is 5.92 Å². The zero-order valence-electron chi connectivity index (χ0n) is 8.95. The Bertz CT molecular complexity index is 105. The van der Waals surface area contributed by atoms with Gasteiger partial charge in [0.2, 0.25) is 0 Å². The highest BCUT2D eigenvalue weighted by Gasteiger charge is 2.23. The molecule has 0 aromatic rings. The van der Waals surface area contributed by atoms with Crippen LogP contribution in [0.15, 0.2) is 0 Å². The van der Waals surface area contributed by atoms with Gasteiger partial charge in [0, 0.05) is 19.8 Å². The van der Waals surface area contributed by atoms with E-state index >= 15 is 0 Å². The molecule has 1 rings (SSSR count). The highest BCUT2D eigenvalue weighted by atomic mass is 16.6. The molecular formula is C9H21BO3. The predicted octanol–water partition coefficient (Wildman–Crippen LogP) is 1.57. The molecular weight excluding hydrogens is 167 g/mol. The number of rotatable bonds is 3. The van der Waals surface area contributed by atoms with E-state index in [0.717, 1.165) is 26.0 Å². The molecule has 0 bridgehead atoms. The van der Waals surface area contributed by atoms with Gasteiger partial charge in [-0.3, -0.25) is 0 Å². The number of aliphatic hydroxyl groups excluding tert-OH is 1. The van der Waals surface area contributed by atoms with Gasteiger partial charge in [-0.1, -0.05) is 20.8 Å². The van der Waals surface area contributed by atoms with Crippen LogP contribution in [-0.4, -0.2) is 32.0 Å². The maximum atomic E-state index is 8.75. The summed E-state index contributed by atoms with van der Waals surface area (Å²) in [5.74, 6) is 0.276. The first-order valence-corrected chi connectivity index (χ1v) is 5.17. The van der Waals surface area contributed by atoms with Crippen molar-refractivity contribution in [2.45, 2.75) is 33.5 Å². The summed E-state index contributed by atoms with van der Waals surface area (Å²) < 4.78 is 10.6. The summed E-state index contributed by atoms with van der Waals surface area (Å²) in [5, 5.41) is 8.75. The van der Waals surface area contributed by atoms with Gasteiger partial charge in [0.05, 0.1) is 0 Å². The van der Waals surface area contributed by atoms with Crippen molar-refractivity contribution < 1.29 is 14.4 Å². The molecule has 0 saturated carbocycles. The lowest BCUT2D eigenvalue weighted by Crippen LogP contribution is -2.31. The quantitative estimate of drug-likeness (QED) is 0.683. The fraction of sp³-hybridized carbons (Fsp3) is 1.00. The van der Waals surface area contributed by atoms with Crippen molar-refractivity contribution >= 4 is 7.12 Å². The molecule has 78 valence electrons. The lowest BCUT2D eigenvalue weighted by atomic mass is 9.77. The molecule has 1 fully saturated rings. The summed E-state index contributed by atoms with van der Waals surface area (Å²) in [7, 11) is -0.0779. The molecule has 1 N–H and O–H groups in total. The Labute approximate surface area is 81.6 Å². The van der Waals surface area contributed by atoms with Crippen molar-refractivity contribution in [2.24, 2.45) is 5.92 Å². The molecule has 1 saturated heterocycles. The van der Waals surface area contributed by atoms with Gasteiger partial charge in [-0.25, -0.2) is 0 Å². The third-order valence-corrected chi connectivity index (χ3v) is 1.80. The third kappa shape index (κ3) is 6.08. The number of hydrogen-bond donors (Lipinski definition) is 1. The molecule has 0 unspecified atom stereocenters. The zero-order valence-corrected chi connectivity index (χ0v) is 8.95. The maximum Gasteiger partial charge on any atom is 0.457 e. The van der Waals surface area contributed by atoms with Gasteiger partial charge >= 0.3 is 7.12 Å². The van der Waals surface area contributed by atoms with Crippen LogP contribution >= 0.6 is 0 Å². The Morgan fingerprint density at radius 2 is 1.85 bits per heavy atom. The van der Waals surface area contributed by atoms with Crippen molar-refractivity contribution in [1.29, 1.82) is 0 Å². The van der Waals surface area contributed by atoms with Crippen LogP contribution in [0.2, 0.25) is 6.32 Å². The Kier molecular flexibility index (Phi) is 8.50. The minimum absolute atomic E-state index is 0.0779. The lowest BCUT2D eigenvalue weighted by molar-refractivity contribution is 0.127. The Morgan fingerprint density at radius 1 is 1.31 bits per heavy atom. The van der Waals surface area contributed by atoms with Crippen LogP contribution in [0.4, 0.5) is 0 Å². The monoisotopic (exact) mass is 188 g/mol. The fourth-order valence-corrected chi connectivity index (χ4v) is 1.08. The second-order valence-electron chi connectivity index (χ2n) is 3.05. The van der Waals surface area contributed by atoms with Gasteiger partial charge in [-0.15, -0.1) is 0 Å². The van der Waals surface area contributed by atoms with Crippen LogP contribution in [0.1, 0.15) is 27.2 Å². The average molecular weight is 188 g/mol. The normalized spacial score (nSPS) is 18.9. The van der Waals surface area contributed by atoms with E-state index in [1.165, 1.54) is 0 Å². The van der Waals surface area contributed by atoms with Gasteiger partial charge in [-0.05, 0) is 18.7 Å². The molecule has 0 radical (unpaired) electrons. The van der Waals surface area contributed by atoms with Crippen LogP contribution in [0.25, 0.3) is 0 Å². The number of hydrogen-bond acceptors (Lipinski definition) is 3. The van der Waals surface area contributed by atoms with Crippen molar-refractivity contribution in [3.63, 3.8) is 0 Å². The summed E-state index contributed by atoms with van der Waals surface area (Å²) in [6.45, 7) is 7.79. The minimum atomic E-state index is -0.0779. The molecule has 3 nitrogen and oxygen atoms in total. The summed E-state index contributed by atoms with van der Waals surface area (Å²) in [6, 6.07) is 0. The Morgan fingerprint density at radius 3 is 2.31 bits per heavy atom. The van der Waals surface area contributed by atoms with Crippen molar-refractivity contribution in [3.05, 3.63) is 0 Å². The van der Waals surface area contributed by atoms with Crippen LogP contribution in [0.3, 0.4) is 0 Å². The molecule has 1 atom stereocenters.